The Hall–Kier alpha value is -2.31. The molecule has 3 rings (SSSR count). The molecule has 0 aliphatic heterocycles. The van der Waals surface area contributed by atoms with Crippen molar-refractivity contribution in [2.45, 2.75) is 17.1 Å². The minimum Gasteiger partial charge on any atom is -0.465 e. The van der Waals surface area contributed by atoms with Crippen molar-refractivity contribution in [2.24, 2.45) is 0 Å². The Balaban J connectivity index is 2.22. The number of rotatable bonds is 5. The Kier molecular flexibility index (Phi) is 4.83. The van der Waals surface area contributed by atoms with Crippen LogP contribution < -0.4 is 0 Å². The lowest BCUT2D eigenvalue weighted by atomic mass is 10.1. The lowest BCUT2D eigenvalue weighted by Crippen LogP contribution is -2.24. The van der Waals surface area contributed by atoms with E-state index in [0.29, 0.717) is 16.0 Å². The zero-order valence-electron chi connectivity index (χ0n) is 13.3. The number of carbonyl (C=O) groups excluding carboxylic acids is 1. The number of carbonyl (C=O) groups is 1. The number of esters is 1. The van der Waals surface area contributed by atoms with Crippen molar-refractivity contribution in [3.05, 3.63) is 65.4 Å². The van der Waals surface area contributed by atoms with Crippen LogP contribution in [0, 0.1) is 0 Å². The largest absolute Gasteiger partial charge is 0.465 e. The van der Waals surface area contributed by atoms with Gasteiger partial charge < -0.3 is 9.15 Å². The Labute approximate surface area is 150 Å². The smallest absolute Gasteiger partial charge is 0.329 e. The van der Waals surface area contributed by atoms with E-state index in [1.54, 1.807) is 43.3 Å². The predicted octanol–water partition coefficient (Wildman–Crippen LogP) is 4.16. The first-order valence-corrected chi connectivity index (χ1v) is 9.50. The quantitative estimate of drug-likeness (QED) is 0.623. The molecule has 0 saturated heterocycles. The summed E-state index contributed by atoms with van der Waals surface area (Å²) >= 11 is 6.02. The van der Waals surface area contributed by atoms with Gasteiger partial charge in [0.2, 0.25) is 0 Å². The van der Waals surface area contributed by atoms with Gasteiger partial charge in [-0.2, -0.15) is 0 Å². The third kappa shape index (κ3) is 3.27. The third-order valence-electron chi connectivity index (χ3n) is 3.73. The molecule has 25 heavy (non-hydrogen) atoms. The molecule has 0 saturated carbocycles. The Morgan fingerprint density at radius 2 is 1.92 bits per heavy atom. The number of sulfone groups is 1. The highest BCUT2D eigenvalue weighted by Crippen LogP contribution is 2.36. The normalized spacial score (nSPS) is 12.9. The summed E-state index contributed by atoms with van der Waals surface area (Å²) in [4.78, 5) is 12.5. The average Bonchev–Trinajstić information content (AvgIpc) is 2.99. The van der Waals surface area contributed by atoms with Crippen molar-refractivity contribution in [3.8, 4) is 0 Å². The van der Waals surface area contributed by atoms with Crippen LogP contribution >= 0.6 is 11.6 Å². The second-order valence-corrected chi connectivity index (χ2v) is 7.79. The van der Waals surface area contributed by atoms with Crippen LogP contribution in [-0.2, 0) is 19.4 Å². The first-order chi connectivity index (χ1) is 11.9. The lowest BCUT2D eigenvalue weighted by Gasteiger charge is -2.15. The van der Waals surface area contributed by atoms with Gasteiger partial charge in [0.1, 0.15) is 5.58 Å². The van der Waals surface area contributed by atoms with Crippen molar-refractivity contribution in [1.29, 1.82) is 0 Å². The molecule has 130 valence electrons. The summed E-state index contributed by atoms with van der Waals surface area (Å²) < 4.78 is 36.6. The standard InChI is InChI=1S/C18H15ClO5S/c1-2-23-18(20)17(25(21,22)13-6-4-3-5-7-13)15-11-24-16-9-8-12(19)10-14(15)16/h3-11,17H,2H2,1H3. The summed E-state index contributed by atoms with van der Waals surface area (Å²) in [6, 6.07) is 12.6. The van der Waals surface area contributed by atoms with E-state index in [0.717, 1.165) is 0 Å². The van der Waals surface area contributed by atoms with Gasteiger partial charge in [-0.3, -0.25) is 4.79 Å². The molecule has 2 aromatic carbocycles. The highest BCUT2D eigenvalue weighted by atomic mass is 35.5. The molecule has 0 N–H and O–H groups in total. The van der Waals surface area contributed by atoms with Crippen LogP contribution in [0.1, 0.15) is 17.7 Å². The van der Waals surface area contributed by atoms with Crippen molar-refractivity contribution < 1.29 is 22.4 Å². The van der Waals surface area contributed by atoms with Crippen LogP contribution in [0.25, 0.3) is 11.0 Å². The molecular weight excluding hydrogens is 364 g/mol. The topological polar surface area (TPSA) is 73.6 Å². The highest BCUT2D eigenvalue weighted by molar-refractivity contribution is 7.92. The van der Waals surface area contributed by atoms with Crippen LogP contribution in [-0.4, -0.2) is 21.0 Å². The summed E-state index contributed by atoms with van der Waals surface area (Å²) in [5.41, 5.74) is 0.650. The molecule has 3 aromatic rings. The molecule has 0 aliphatic rings. The monoisotopic (exact) mass is 378 g/mol. The predicted molar refractivity (Wildman–Crippen MR) is 94.2 cm³/mol. The van der Waals surface area contributed by atoms with Gasteiger partial charge in [0.25, 0.3) is 0 Å². The van der Waals surface area contributed by atoms with E-state index in [1.165, 1.54) is 18.4 Å². The van der Waals surface area contributed by atoms with Crippen LogP contribution in [0.2, 0.25) is 5.02 Å². The van der Waals surface area contributed by atoms with Gasteiger partial charge in [-0.25, -0.2) is 8.42 Å². The molecular formula is C18H15ClO5S. The van der Waals surface area contributed by atoms with Crippen molar-refractivity contribution in [2.75, 3.05) is 6.61 Å². The van der Waals surface area contributed by atoms with Gasteiger partial charge in [0.15, 0.2) is 15.1 Å². The van der Waals surface area contributed by atoms with Gasteiger partial charge in [-0.15, -0.1) is 0 Å². The number of benzene rings is 2. The summed E-state index contributed by atoms with van der Waals surface area (Å²) in [5, 5.41) is -0.658. The first kappa shape index (κ1) is 17.5. The van der Waals surface area contributed by atoms with Gasteiger partial charge in [0.05, 0.1) is 17.8 Å². The van der Waals surface area contributed by atoms with Crippen molar-refractivity contribution in [3.63, 3.8) is 0 Å². The molecule has 0 fully saturated rings. The molecule has 5 nitrogen and oxygen atoms in total. The molecule has 0 radical (unpaired) electrons. The maximum atomic E-state index is 13.1. The maximum Gasteiger partial charge on any atom is 0.329 e. The fraction of sp³-hybridized carbons (Fsp3) is 0.167. The molecule has 1 unspecified atom stereocenters. The maximum absolute atomic E-state index is 13.1. The van der Waals surface area contributed by atoms with Crippen LogP contribution in [0.3, 0.4) is 0 Å². The van der Waals surface area contributed by atoms with Crippen LogP contribution in [0.15, 0.2) is 64.1 Å². The van der Waals surface area contributed by atoms with E-state index in [1.807, 2.05) is 0 Å². The fourth-order valence-corrected chi connectivity index (χ4v) is 4.43. The van der Waals surface area contributed by atoms with E-state index in [2.05, 4.69) is 0 Å². The average molecular weight is 379 g/mol. The minimum atomic E-state index is -4.03. The summed E-state index contributed by atoms with van der Waals surface area (Å²) in [5.74, 6) is -0.853. The van der Waals surface area contributed by atoms with Gasteiger partial charge in [0, 0.05) is 16.0 Å². The van der Waals surface area contributed by atoms with Gasteiger partial charge >= 0.3 is 5.97 Å². The Bertz CT molecular complexity index is 1010. The summed E-state index contributed by atoms with van der Waals surface area (Å²) in [7, 11) is -4.03. The molecule has 0 bridgehead atoms. The van der Waals surface area contributed by atoms with Crippen LogP contribution in [0.4, 0.5) is 0 Å². The fourth-order valence-electron chi connectivity index (χ4n) is 2.61. The number of ether oxygens (including phenoxy) is 1. The molecule has 0 amide bonds. The minimum absolute atomic E-state index is 0.0319. The zero-order valence-corrected chi connectivity index (χ0v) is 14.9. The SMILES string of the molecule is CCOC(=O)C(c1coc2ccc(Cl)cc12)S(=O)(=O)c1ccccc1. The third-order valence-corrected chi connectivity index (χ3v) is 5.96. The van der Waals surface area contributed by atoms with Crippen molar-refractivity contribution in [1.82, 2.24) is 0 Å². The first-order valence-electron chi connectivity index (χ1n) is 7.57. The Morgan fingerprint density at radius 1 is 1.20 bits per heavy atom. The van der Waals surface area contributed by atoms with Crippen molar-refractivity contribution >= 4 is 38.4 Å². The molecule has 0 spiro atoms. The second kappa shape index (κ2) is 6.90. The van der Waals surface area contributed by atoms with Gasteiger partial charge in [-0.1, -0.05) is 29.8 Å². The molecule has 1 aromatic heterocycles. The number of hydrogen-bond acceptors (Lipinski definition) is 5. The number of fused-ring (bicyclic) bond motifs is 1. The van der Waals surface area contributed by atoms with Gasteiger partial charge in [-0.05, 0) is 37.3 Å². The lowest BCUT2D eigenvalue weighted by molar-refractivity contribution is -0.142. The highest BCUT2D eigenvalue weighted by Gasteiger charge is 2.39. The summed E-state index contributed by atoms with van der Waals surface area (Å²) in [6.45, 7) is 1.69. The van der Waals surface area contributed by atoms with E-state index in [4.69, 9.17) is 20.8 Å². The zero-order chi connectivity index (χ0) is 18.0. The van der Waals surface area contributed by atoms with Crippen LogP contribution in [0.5, 0.6) is 0 Å². The Morgan fingerprint density at radius 3 is 2.60 bits per heavy atom. The molecule has 0 aliphatic carbocycles. The second-order valence-electron chi connectivity index (χ2n) is 5.32. The van der Waals surface area contributed by atoms with E-state index in [-0.39, 0.29) is 17.1 Å². The summed E-state index contributed by atoms with van der Waals surface area (Å²) in [6.07, 6.45) is 1.27. The molecule has 1 heterocycles. The number of halogens is 1. The molecule has 7 heteroatoms. The molecule has 1 atom stereocenters. The van der Waals surface area contributed by atoms with E-state index in [9.17, 15) is 13.2 Å². The van der Waals surface area contributed by atoms with E-state index >= 15 is 0 Å². The number of furan rings is 1. The van der Waals surface area contributed by atoms with E-state index < -0.39 is 21.1 Å². The number of hydrogen-bond donors (Lipinski definition) is 0.